The van der Waals surface area contributed by atoms with Gasteiger partial charge in [-0.25, -0.2) is 4.39 Å². The van der Waals surface area contributed by atoms with Crippen LogP contribution in [0.2, 0.25) is 0 Å². The molecule has 0 saturated carbocycles. The van der Waals surface area contributed by atoms with Crippen molar-refractivity contribution in [1.29, 1.82) is 0 Å². The minimum Gasteiger partial charge on any atom is -0.490 e. The van der Waals surface area contributed by atoms with Gasteiger partial charge in [0.2, 0.25) is 0 Å². The Hall–Kier alpha value is -1.75. The van der Waals surface area contributed by atoms with Crippen molar-refractivity contribution < 1.29 is 9.13 Å². The molecule has 0 saturated heterocycles. The largest absolute Gasteiger partial charge is 0.490 e. The summed E-state index contributed by atoms with van der Waals surface area (Å²) < 4.78 is 20.2. The van der Waals surface area contributed by atoms with Crippen LogP contribution in [0.5, 0.6) is 5.75 Å². The molecule has 2 rings (SSSR count). The maximum Gasteiger partial charge on any atom is 0.167 e. The van der Waals surface area contributed by atoms with Crippen molar-refractivity contribution in [3.05, 3.63) is 46.2 Å². The topological polar surface area (TPSA) is 47.3 Å². The van der Waals surface area contributed by atoms with Crippen molar-refractivity contribution in [3.8, 4) is 5.75 Å². The predicted molar refractivity (Wildman–Crippen MR) is 88.8 cm³/mol. The molecule has 3 N–H and O–H groups in total. The highest BCUT2D eigenvalue weighted by Crippen LogP contribution is 2.33. The van der Waals surface area contributed by atoms with Crippen LogP contribution in [-0.4, -0.2) is 6.61 Å². The molecule has 0 spiro atoms. The molecule has 0 radical (unpaired) electrons. The Balaban J connectivity index is 2.33. The van der Waals surface area contributed by atoms with Gasteiger partial charge in [-0.2, -0.15) is 0 Å². The fraction of sp³-hybridized carbons (Fsp3) is 0.250. The Kier molecular flexibility index (Phi) is 5.07. The second kappa shape index (κ2) is 6.80. The van der Waals surface area contributed by atoms with E-state index in [4.69, 9.17) is 10.5 Å². The summed E-state index contributed by atoms with van der Waals surface area (Å²) in [4.78, 5) is 0. The standard InChI is InChI=1S/C16H18BrFN2O/c1-3-7-21-16-9-15(13(19)8-12(16)18)20-14-6-4-5-11(17)10(14)2/h4-6,8-9,20H,3,7,19H2,1-2H3. The third kappa shape index (κ3) is 3.67. The molecule has 3 nitrogen and oxygen atoms in total. The zero-order chi connectivity index (χ0) is 15.4. The Bertz CT molecular complexity index is 646. The first-order valence-corrected chi connectivity index (χ1v) is 7.56. The lowest BCUT2D eigenvalue weighted by Gasteiger charge is -2.15. The van der Waals surface area contributed by atoms with E-state index in [0.717, 1.165) is 22.1 Å². The summed E-state index contributed by atoms with van der Waals surface area (Å²) in [6.07, 6.45) is 0.817. The van der Waals surface area contributed by atoms with Crippen molar-refractivity contribution in [3.63, 3.8) is 0 Å². The normalized spacial score (nSPS) is 10.5. The third-order valence-electron chi connectivity index (χ3n) is 3.10. The van der Waals surface area contributed by atoms with Crippen molar-refractivity contribution in [2.24, 2.45) is 0 Å². The van der Waals surface area contributed by atoms with E-state index >= 15 is 0 Å². The molecule has 21 heavy (non-hydrogen) atoms. The Morgan fingerprint density at radius 1 is 1.29 bits per heavy atom. The molecule has 2 aromatic rings. The second-order valence-corrected chi connectivity index (χ2v) is 5.61. The molecule has 2 aromatic carbocycles. The number of halogens is 2. The first kappa shape index (κ1) is 15.6. The van der Waals surface area contributed by atoms with Gasteiger partial charge in [-0.3, -0.25) is 0 Å². The molecule has 112 valence electrons. The van der Waals surface area contributed by atoms with Crippen LogP contribution in [0.3, 0.4) is 0 Å². The number of nitrogen functional groups attached to an aromatic ring is 1. The monoisotopic (exact) mass is 352 g/mol. The van der Waals surface area contributed by atoms with Gasteiger partial charge < -0.3 is 15.8 Å². The van der Waals surface area contributed by atoms with Crippen molar-refractivity contribution >= 4 is 33.0 Å². The molecule has 0 aliphatic rings. The minimum absolute atomic E-state index is 0.209. The second-order valence-electron chi connectivity index (χ2n) is 4.76. The van der Waals surface area contributed by atoms with E-state index in [0.29, 0.717) is 18.0 Å². The van der Waals surface area contributed by atoms with E-state index < -0.39 is 5.82 Å². The number of hydrogen-bond acceptors (Lipinski definition) is 3. The van der Waals surface area contributed by atoms with Crippen LogP contribution in [0.1, 0.15) is 18.9 Å². The molecule has 0 aliphatic carbocycles. The molecule has 0 bridgehead atoms. The number of ether oxygens (including phenoxy) is 1. The quantitative estimate of drug-likeness (QED) is 0.743. The van der Waals surface area contributed by atoms with Crippen LogP contribution >= 0.6 is 15.9 Å². The average molecular weight is 353 g/mol. The number of nitrogens with one attached hydrogen (secondary N) is 1. The highest BCUT2D eigenvalue weighted by molar-refractivity contribution is 9.10. The Morgan fingerprint density at radius 3 is 2.76 bits per heavy atom. The summed E-state index contributed by atoms with van der Waals surface area (Å²) in [6, 6.07) is 8.70. The summed E-state index contributed by atoms with van der Waals surface area (Å²) in [7, 11) is 0. The van der Waals surface area contributed by atoms with Gasteiger partial charge in [-0.1, -0.05) is 28.9 Å². The zero-order valence-corrected chi connectivity index (χ0v) is 13.6. The lowest BCUT2D eigenvalue weighted by molar-refractivity contribution is 0.301. The van der Waals surface area contributed by atoms with Gasteiger partial charge in [0.05, 0.1) is 18.0 Å². The number of benzene rings is 2. The molecule has 0 fully saturated rings. The van der Waals surface area contributed by atoms with E-state index in [9.17, 15) is 4.39 Å². The Morgan fingerprint density at radius 2 is 2.05 bits per heavy atom. The molecule has 0 aromatic heterocycles. The van der Waals surface area contributed by atoms with Crippen LogP contribution < -0.4 is 15.8 Å². The van der Waals surface area contributed by atoms with E-state index in [2.05, 4.69) is 21.2 Å². The van der Waals surface area contributed by atoms with Gasteiger partial charge in [0, 0.05) is 22.3 Å². The molecule has 0 unspecified atom stereocenters. The first-order valence-electron chi connectivity index (χ1n) is 6.77. The maximum atomic E-state index is 13.8. The average Bonchev–Trinajstić information content (AvgIpc) is 2.45. The molecular formula is C16H18BrFN2O. The minimum atomic E-state index is -0.447. The first-order chi connectivity index (χ1) is 10.0. The highest BCUT2D eigenvalue weighted by Gasteiger charge is 2.11. The highest BCUT2D eigenvalue weighted by atomic mass is 79.9. The van der Waals surface area contributed by atoms with Crippen LogP contribution in [0.25, 0.3) is 0 Å². The van der Waals surface area contributed by atoms with Crippen molar-refractivity contribution in [1.82, 2.24) is 0 Å². The van der Waals surface area contributed by atoms with Crippen LogP contribution in [0.15, 0.2) is 34.8 Å². The molecular weight excluding hydrogens is 335 g/mol. The van der Waals surface area contributed by atoms with Crippen molar-refractivity contribution in [2.45, 2.75) is 20.3 Å². The van der Waals surface area contributed by atoms with Gasteiger partial charge in [0.1, 0.15) is 0 Å². The summed E-state index contributed by atoms with van der Waals surface area (Å²) in [5, 5.41) is 3.22. The van der Waals surface area contributed by atoms with Gasteiger partial charge in [0.25, 0.3) is 0 Å². The van der Waals surface area contributed by atoms with E-state index in [1.54, 1.807) is 6.07 Å². The van der Waals surface area contributed by atoms with E-state index in [-0.39, 0.29) is 5.75 Å². The van der Waals surface area contributed by atoms with Gasteiger partial charge >= 0.3 is 0 Å². The van der Waals surface area contributed by atoms with Crippen LogP contribution in [0, 0.1) is 12.7 Å². The number of hydrogen-bond donors (Lipinski definition) is 2. The van der Waals surface area contributed by atoms with Gasteiger partial charge in [-0.15, -0.1) is 0 Å². The molecule has 0 atom stereocenters. The van der Waals surface area contributed by atoms with Gasteiger partial charge in [0.15, 0.2) is 11.6 Å². The summed E-state index contributed by atoms with van der Waals surface area (Å²) in [5.74, 6) is -0.237. The fourth-order valence-corrected chi connectivity index (χ4v) is 2.25. The lowest BCUT2D eigenvalue weighted by Crippen LogP contribution is -2.02. The number of rotatable bonds is 5. The Labute approximate surface area is 132 Å². The molecule has 5 heteroatoms. The van der Waals surface area contributed by atoms with Crippen LogP contribution in [-0.2, 0) is 0 Å². The number of anilines is 3. The van der Waals surface area contributed by atoms with Crippen molar-refractivity contribution in [2.75, 3.05) is 17.7 Å². The summed E-state index contributed by atoms with van der Waals surface area (Å²) >= 11 is 3.48. The third-order valence-corrected chi connectivity index (χ3v) is 3.96. The van der Waals surface area contributed by atoms with Gasteiger partial charge in [-0.05, 0) is 31.0 Å². The SMILES string of the molecule is CCCOc1cc(Nc2cccc(Br)c2C)c(N)cc1F. The van der Waals surface area contributed by atoms with E-state index in [1.807, 2.05) is 32.0 Å². The summed E-state index contributed by atoms with van der Waals surface area (Å²) in [5.41, 5.74) is 8.82. The predicted octanol–water partition coefficient (Wildman–Crippen LogP) is 5.01. The van der Waals surface area contributed by atoms with E-state index in [1.165, 1.54) is 6.07 Å². The maximum absolute atomic E-state index is 13.8. The molecule has 0 heterocycles. The zero-order valence-electron chi connectivity index (χ0n) is 12.0. The van der Waals surface area contributed by atoms with Crippen LogP contribution in [0.4, 0.5) is 21.5 Å². The molecule has 0 aliphatic heterocycles. The number of nitrogens with two attached hydrogens (primary N) is 1. The summed E-state index contributed by atoms with van der Waals surface area (Å²) in [6.45, 7) is 4.43. The lowest BCUT2D eigenvalue weighted by atomic mass is 10.2. The fourth-order valence-electron chi connectivity index (χ4n) is 1.89. The smallest absolute Gasteiger partial charge is 0.167 e. The molecule has 0 amide bonds.